The summed E-state index contributed by atoms with van der Waals surface area (Å²) in [5.74, 6) is -1.39. The topological polar surface area (TPSA) is 84.5 Å². The van der Waals surface area contributed by atoms with Gasteiger partial charge in [0.2, 0.25) is 5.91 Å². The number of benzene rings is 3. The van der Waals surface area contributed by atoms with Crippen molar-refractivity contribution < 1.29 is 23.5 Å². The van der Waals surface area contributed by atoms with E-state index in [1.165, 1.54) is 12.1 Å². The fraction of sp³-hybridized carbons (Fsp3) is 0.276. The predicted octanol–water partition coefficient (Wildman–Crippen LogP) is 3.84. The Morgan fingerprint density at radius 3 is 2.39 bits per heavy atom. The fourth-order valence-corrected chi connectivity index (χ4v) is 5.09. The molecule has 3 aromatic carbocycles. The highest BCUT2D eigenvalue weighted by molar-refractivity contribution is 6.00. The summed E-state index contributed by atoms with van der Waals surface area (Å²) in [6.07, 6.45) is 1.80. The van der Waals surface area contributed by atoms with Gasteiger partial charge in [0.1, 0.15) is 24.0 Å². The first-order valence-corrected chi connectivity index (χ1v) is 12.1. The van der Waals surface area contributed by atoms with Crippen LogP contribution in [0.2, 0.25) is 0 Å². The number of ketones is 1. The van der Waals surface area contributed by atoms with Crippen molar-refractivity contribution in [1.29, 1.82) is 0 Å². The van der Waals surface area contributed by atoms with Crippen molar-refractivity contribution in [2.45, 2.75) is 43.4 Å². The molecule has 6 nitrogen and oxygen atoms in total. The lowest BCUT2D eigenvalue weighted by atomic mass is 9.91. The predicted molar refractivity (Wildman–Crippen MR) is 133 cm³/mol. The number of halogens is 1. The van der Waals surface area contributed by atoms with Gasteiger partial charge in [0.15, 0.2) is 5.78 Å². The molecule has 1 saturated heterocycles. The second-order valence-electron chi connectivity index (χ2n) is 9.38. The molecule has 2 fully saturated rings. The summed E-state index contributed by atoms with van der Waals surface area (Å²) in [6, 6.07) is 21.8. The minimum absolute atomic E-state index is 0.0201. The van der Waals surface area contributed by atoms with Gasteiger partial charge in [-0.25, -0.2) is 4.39 Å². The van der Waals surface area contributed by atoms with Crippen LogP contribution in [0.4, 0.5) is 4.39 Å². The number of amides is 2. The van der Waals surface area contributed by atoms with Crippen LogP contribution in [-0.2, 0) is 20.7 Å². The van der Waals surface area contributed by atoms with Crippen LogP contribution in [-0.4, -0.2) is 41.9 Å². The molecule has 3 unspecified atom stereocenters. The van der Waals surface area contributed by atoms with Crippen molar-refractivity contribution in [1.82, 2.24) is 10.6 Å². The molecule has 3 aromatic rings. The molecule has 1 aliphatic carbocycles. The summed E-state index contributed by atoms with van der Waals surface area (Å²) in [7, 11) is 0. The van der Waals surface area contributed by atoms with E-state index in [4.69, 9.17) is 4.74 Å². The molecule has 1 heterocycles. The number of carbonyl (C=O) groups excluding carboxylic acids is 3. The van der Waals surface area contributed by atoms with Crippen LogP contribution in [0.25, 0.3) is 11.1 Å². The number of rotatable bonds is 7. The maximum atomic E-state index is 13.5. The monoisotopic (exact) mass is 486 g/mol. The Morgan fingerprint density at radius 1 is 0.972 bits per heavy atom. The van der Waals surface area contributed by atoms with Crippen LogP contribution < -0.4 is 10.6 Å². The Hall–Kier alpha value is -3.84. The smallest absolute Gasteiger partial charge is 0.251 e. The van der Waals surface area contributed by atoms with Gasteiger partial charge in [0, 0.05) is 12.0 Å². The van der Waals surface area contributed by atoms with E-state index in [9.17, 15) is 18.8 Å². The van der Waals surface area contributed by atoms with E-state index in [1.807, 2.05) is 42.5 Å². The summed E-state index contributed by atoms with van der Waals surface area (Å²) in [5, 5.41) is 5.74. The first kappa shape index (κ1) is 23.9. The van der Waals surface area contributed by atoms with Crippen molar-refractivity contribution in [2.24, 2.45) is 0 Å². The standard InChI is InChI=1S/C29H27FN2O4/c30-23-14-8-19(9-15-23)17-24(28(35)32-29-16-4-7-26(29)36-18-25(29)33)31-27(34)22-12-10-21(11-13-22)20-5-2-1-3-6-20/h1-3,5-6,8-15,24,26H,4,7,16-18H2,(H,31,34)(H,32,35). The van der Waals surface area contributed by atoms with Crippen LogP contribution in [0.3, 0.4) is 0 Å². The molecule has 0 radical (unpaired) electrons. The lowest BCUT2D eigenvalue weighted by Crippen LogP contribution is -2.60. The van der Waals surface area contributed by atoms with Gasteiger partial charge in [-0.15, -0.1) is 0 Å². The zero-order valence-electron chi connectivity index (χ0n) is 19.7. The third-order valence-electron chi connectivity index (χ3n) is 7.08. The molecule has 2 aliphatic rings. The zero-order valence-corrected chi connectivity index (χ0v) is 19.7. The molecule has 3 atom stereocenters. The maximum Gasteiger partial charge on any atom is 0.251 e. The van der Waals surface area contributed by atoms with Gasteiger partial charge in [0.05, 0.1) is 6.10 Å². The highest BCUT2D eigenvalue weighted by Gasteiger charge is 2.55. The van der Waals surface area contributed by atoms with Gasteiger partial charge in [-0.05, 0) is 60.2 Å². The van der Waals surface area contributed by atoms with Crippen LogP contribution in [0.5, 0.6) is 0 Å². The Labute approximate surface area is 208 Å². The van der Waals surface area contributed by atoms with E-state index in [0.717, 1.165) is 17.5 Å². The van der Waals surface area contributed by atoms with Crippen molar-refractivity contribution in [2.75, 3.05) is 6.61 Å². The number of carbonyl (C=O) groups is 3. The van der Waals surface area contributed by atoms with Crippen LogP contribution in [0, 0.1) is 5.82 Å². The molecule has 184 valence electrons. The summed E-state index contributed by atoms with van der Waals surface area (Å²) in [4.78, 5) is 39.2. The molecular weight excluding hydrogens is 459 g/mol. The quantitative estimate of drug-likeness (QED) is 0.532. The highest BCUT2D eigenvalue weighted by Crippen LogP contribution is 2.37. The zero-order chi connectivity index (χ0) is 25.1. The van der Waals surface area contributed by atoms with Gasteiger partial charge in [0.25, 0.3) is 5.91 Å². The van der Waals surface area contributed by atoms with Gasteiger partial charge < -0.3 is 15.4 Å². The van der Waals surface area contributed by atoms with Gasteiger partial charge >= 0.3 is 0 Å². The number of hydrogen-bond donors (Lipinski definition) is 2. The van der Waals surface area contributed by atoms with Gasteiger partial charge in [-0.3, -0.25) is 14.4 Å². The second-order valence-corrected chi connectivity index (χ2v) is 9.38. The SMILES string of the molecule is O=C(NC(Cc1ccc(F)cc1)C(=O)NC12CCCC1OCC2=O)c1ccc(-c2ccccc2)cc1. The van der Waals surface area contributed by atoms with E-state index in [1.54, 1.807) is 24.3 Å². The summed E-state index contributed by atoms with van der Waals surface area (Å²) < 4.78 is 19.0. The first-order valence-electron chi connectivity index (χ1n) is 12.1. The minimum Gasteiger partial charge on any atom is -0.367 e. The summed E-state index contributed by atoms with van der Waals surface area (Å²) in [5.41, 5.74) is 2.06. The molecule has 1 saturated carbocycles. The lowest BCUT2D eigenvalue weighted by Gasteiger charge is -2.30. The molecule has 2 amide bonds. The number of ether oxygens (including phenoxy) is 1. The molecule has 1 aliphatic heterocycles. The second kappa shape index (κ2) is 10.0. The average Bonchev–Trinajstić information content (AvgIpc) is 3.44. The molecule has 36 heavy (non-hydrogen) atoms. The summed E-state index contributed by atoms with van der Waals surface area (Å²) in [6.45, 7) is -0.0201. The normalized spacial score (nSPS) is 21.6. The fourth-order valence-electron chi connectivity index (χ4n) is 5.09. The number of fused-ring (bicyclic) bond motifs is 1. The molecule has 0 aromatic heterocycles. The van der Waals surface area contributed by atoms with E-state index in [2.05, 4.69) is 10.6 Å². The molecule has 0 spiro atoms. The van der Waals surface area contributed by atoms with Crippen molar-refractivity contribution in [3.8, 4) is 11.1 Å². The van der Waals surface area contributed by atoms with Gasteiger partial charge in [-0.2, -0.15) is 0 Å². The third kappa shape index (κ3) is 4.79. The number of nitrogens with one attached hydrogen (secondary N) is 2. The summed E-state index contributed by atoms with van der Waals surface area (Å²) >= 11 is 0. The minimum atomic E-state index is -1.04. The third-order valence-corrected chi connectivity index (χ3v) is 7.08. The van der Waals surface area contributed by atoms with Crippen LogP contribution in [0.15, 0.2) is 78.9 Å². The van der Waals surface area contributed by atoms with Crippen molar-refractivity contribution in [3.05, 3.63) is 95.8 Å². The highest BCUT2D eigenvalue weighted by atomic mass is 19.1. The molecule has 0 bridgehead atoms. The molecule has 7 heteroatoms. The average molecular weight is 487 g/mol. The Bertz CT molecular complexity index is 1260. The number of hydrogen-bond acceptors (Lipinski definition) is 4. The van der Waals surface area contributed by atoms with E-state index in [-0.39, 0.29) is 30.7 Å². The van der Waals surface area contributed by atoms with E-state index in [0.29, 0.717) is 24.0 Å². The Kier molecular flexibility index (Phi) is 6.65. The van der Waals surface area contributed by atoms with E-state index < -0.39 is 23.4 Å². The lowest BCUT2D eigenvalue weighted by molar-refractivity contribution is -0.131. The molecule has 5 rings (SSSR count). The Balaban J connectivity index is 1.35. The van der Waals surface area contributed by atoms with Crippen LogP contribution >= 0.6 is 0 Å². The van der Waals surface area contributed by atoms with Crippen molar-refractivity contribution in [3.63, 3.8) is 0 Å². The Morgan fingerprint density at radius 2 is 1.67 bits per heavy atom. The largest absolute Gasteiger partial charge is 0.367 e. The molecule has 2 N–H and O–H groups in total. The van der Waals surface area contributed by atoms with Crippen LogP contribution in [0.1, 0.15) is 35.2 Å². The number of Topliss-reactive ketones (excluding diaryl/α,β-unsaturated/α-hetero) is 1. The first-order chi connectivity index (χ1) is 17.4. The molecular formula is C29H27FN2O4. The van der Waals surface area contributed by atoms with Crippen molar-refractivity contribution >= 4 is 17.6 Å². The maximum absolute atomic E-state index is 13.5. The van der Waals surface area contributed by atoms with Gasteiger partial charge in [-0.1, -0.05) is 54.6 Å². The van der Waals surface area contributed by atoms with E-state index >= 15 is 0 Å².